The largest absolute Gasteiger partial charge is 0.461 e. The highest BCUT2D eigenvalue weighted by molar-refractivity contribution is 7.16. The zero-order valence-electron chi connectivity index (χ0n) is 10.2. The number of furan rings is 1. The van der Waals surface area contributed by atoms with Gasteiger partial charge in [0.25, 0.3) is 0 Å². The third-order valence-corrected chi connectivity index (χ3v) is 4.59. The first kappa shape index (κ1) is 11.5. The number of carbonyl (C=O) groups is 1. The van der Waals surface area contributed by atoms with E-state index in [2.05, 4.69) is 6.92 Å². The summed E-state index contributed by atoms with van der Waals surface area (Å²) in [6.07, 6.45) is 4.63. The second-order valence-electron chi connectivity index (χ2n) is 4.90. The molecule has 2 heterocycles. The molecule has 1 unspecified atom stereocenters. The van der Waals surface area contributed by atoms with Crippen LogP contribution in [0, 0.1) is 5.92 Å². The molecule has 0 saturated carbocycles. The number of hydrogen-bond donors (Lipinski definition) is 1. The van der Waals surface area contributed by atoms with Gasteiger partial charge >= 0.3 is 0 Å². The molecule has 2 aromatic heterocycles. The number of hydrogen-bond acceptors (Lipinski definition) is 4. The van der Waals surface area contributed by atoms with Gasteiger partial charge in [-0.3, -0.25) is 4.79 Å². The molecule has 1 atom stereocenters. The van der Waals surface area contributed by atoms with Gasteiger partial charge in [0.15, 0.2) is 5.76 Å². The van der Waals surface area contributed by atoms with Gasteiger partial charge in [0.2, 0.25) is 5.78 Å². The van der Waals surface area contributed by atoms with Gasteiger partial charge in [0, 0.05) is 4.88 Å². The number of nitrogens with two attached hydrogens (primary N) is 1. The van der Waals surface area contributed by atoms with E-state index in [0.29, 0.717) is 22.2 Å². The summed E-state index contributed by atoms with van der Waals surface area (Å²) in [6.45, 7) is 2.24. The molecule has 0 fully saturated rings. The molecular formula is C14H15NO2S. The maximum absolute atomic E-state index is 12.4. The second kappa shape index (κ2) is 4.28. The Morgan fingerprint density at radius 1 is 1.56 bits per heavy atom. The maximum Gasteiger partial charge on any atom is 0.231 e. The Kier molecular flexibility index (Phi) is 2.74. The molecule has 4 heteroatoms. The van der Waals surface area contributed by atoms with Crippen LogP contribution >= 0.6 is 11.3 Å². The van der Waals surface area contributed by atoms with Gasteiger partial charge < -0.3 is 10.2 Å². The summed E-state index contributed by atoms with van der Waals surface area (Å²) in [5.41, 5.74) is 7.86. The van der Waals surface area contributed by atoms with Crippen LogP contribution in [0.15, 0.2) is 22.8 Å². The van der Waals surface area contributed by atoms with E-state index in [-0.39, 0.29) is 5.78 Å². The van der Waals surface area contributed by atoms with Gasteiger partial charge in [-0.25, -0.2) is 0 Å². The Morgan fingerprint density at radius 3 is 3.11 bits per heavy atom. The summed E-state index contributed by atoms with van der Waals surface area (Å²) in [6, 6.07) is 3.42. The lowest BCUT2D eigenvalue weighted by atomic mass is 9.87. The lowest BCUT2D eigenvalue weighted by molar-refractivity contribution is 0.101. The average molecular weight is 261 g/mol. The van der Waals surface area contributed by atoms with Gasteiger partial charge in [0.05, 0.1) is 16.8 Å². The van der Waals surface area contributed by atoms with Gasteiger partial charge in [-0.1, -0.05) is 6.92 Å². The number of ketones is 1. The second-order valence-corrected chi connectivity index (χ2v) is 6.03. The minimum Gasteiger partial charge on any atom is -0.461 e. The molecular weight excluding hydrogens is 246 g/mol. The summed E-state index contributed by atoms with van der Waals surface area (Å²) < 4.78 is 5.19. The topological polar surface area (TPSA) is 56.2 Å². The Bertz CT molecular complexity index is 583. The van der Waals surface area contributed by atoms with Crippen molar-refractivity contribution in [1.29, 1.82) is 0 Å². The van der Waals surface area contributed by atoms with Crippen molar-refractivity contribution < 1.29 is 9.21 Å². The molecule has 0 aromatic carbocycles. The van der Waals surface area contributed by atoms with Crippen molar-refractivity contribution in [2.75, 3.05) is 5.73 Å². The Hall–Kier alpha value is -1.55. The van der Waals surface area contributed by atoms with Crippen LogP contribution in [0.25, 0.3) is 0 Å². The van der Waals surface area contributed by atoms with Crippen molar-refractivity contribution in [2.24, 2.45) is 5.92 Å². The fraction of sp³-hybridized carbons (Fsp3) is 0.357. The van der Waals surface area contributed by atoms with Crippen LogP contribution in [-0.4, -0.2) is 5.78 Å². The van der Waals surface area contributed by atoms with Crippen molar-refractivity contribution in [2.45, 2.75) is 26.2 Å². The third-order valence-electron chi connectivity index (χ3n) is 3.51. The summed E-state index contributed by atoms with van der Waals surface area (Å²) >= 11 is 1.56. The van der Waals surface area contributed by atoms with Crippen molar-refractivity contribution in [1.82, 2.24) is 0 Å². The number of carbonyl (C=O) groups excluding carboxylic acids is 1. The number of nitrogen functional groups attached to an aromatic ring is 1. The monoisotopic (exact) mass is 261 g/mol. The third kappa shape index (κ3) is 1.77. The molecule has 18 heavy (non-hydrogen) atoms. The fourth-order valence-corrected chi connectivity index (χ4v) is 3.83. The van der Waals surface area contributed by atoms with Crippen LogP contribution in [-0.2, 0) is 12.8 Å². The minimum atomic E-state index is -0.0791. The van der Waals surface area contributed by atoms with Crippen LogP contribution in [0.1, 0.15) is 39.9 Å². The smallest absolute Gasteiger partial charge is 0.231 e. The highest BCUT2D eigenvalue weighted by Crippen LogP contribution is 2.38. The molecule has 3 nitrogen and oxygen atoms in total. The molecule has 0 bridgehead atoms. The van der Waals surface area contributed by atoms with Crippen molar-refractivity contribution in [3.05, 3.63) is 40.2 Å². The van der Waals surface area contributed by atoms with E-state index >= 15 is 0 Å². The fourth-order valence-electron chi connectivity index (χ4n) is 2.55. The van der Waals surface area contributed by atoms with Crippen molar-refractivity contribution in [3.63, 3.8) is 0 Å². The number of anilines is 1. The van der Waals surface area contributed by atoms with E-state index < -0.39 is 0 Å². The lowest BCUT2D eigenvalue weighted by Gasteiger charge is -2.18. The lowest BCUT2D eigenvalue weighted by Crippen LogP contribution is -2.12. The zero-order valence-corrected chi connectivity index (χ0v) is 11.0. The molecule has 0 amide bonds. The predicted molar refractivity (Wildman–Crippen MR) is 72.1 cm³/mol. The molecule has 0 spiro atoms. The highest BCUT2D eigenvalue weighted by atomic mass is 32.1. The minimum absolute atomic E-state index is 0.0791. The number of thiophene rings is 1. The van der Waals surface area contributed by atoms with Gasteiger partial charge in [0.1, 0.15) is 0 Å². The van der Waals surface area contributed by atoms with E-state index in [1.807, 2.05) is 0 Å². The first-order chi connectivity index (χ1) is 8.66. The maximum atomic E-state index is 12.4. The quantitative estimate of drug-likeness (QED) is 0.844. The molecule has 0 saturated heterocycles. The SMILES string of the molecule is CC1CCc2c(sc(N)c2C(=O)c2ccco2)C1. The number of rotatable bonds is 2. The summed E-state index contributed by atoms with van der Waals surface area (Å²) in [4.78, 5) is 13.7. The van der Waals surface area contributed by atoms with E-state index in [1.165, 1.54) is 11.1 Å². The normalized spacial score (nSPS) is 18.6. The Morgan fingerprint density at radius 2 is 2.39 bits per heavy atom. The first-order valence-electron chi connectivity index (χ1n) is 6.15. The van der Waals surface area contributed by atoms with Crippen molar-refractivity contribution >= 4 is 22.1 Å². The van der Waals surface area contributed by atoms with Crippen LogP contribution in [0.4, 0.5) is 5.00 Å². The summed E-state index contributed by atoms with van der Waals surface area (Å²) in [7, 11) is 0. The molecule has 94 valence electrons. The van der Waals surface area contributed by atoms with Crippen molar-refractivity contribution in [3.8, 4) is 0 Å². The molecule has 2 aromatic rings. The predicted octanol–water partition coefficient (Wildman–Crippen LogP) is 3.28. The standard InChI is InChI=1S/C14H15NO2S/c1-8-4-5-9-11(7-8)18-14(15)12(9)13(16)10-3-2-6-17-10/h2-3,6,8H,4-5,7,15H2,1H3. The van der Waals surface area contributed by atoms with Crippen LogP contribution in [0.3, 0.4) is 0 Å². The Balaban J connectivity index is 2.05. The molecule has 1 aliphatic rings. The van der Waals surface area contributed by atoms with E-state index in [9.17, 15) is 4.79 Å². The Labute approximate surface area is 110 Å². The van der Waals surface area contributed by atoms with Gasteiger partial charge in [-0.15, -0.1) is 11.3 Å². The van der Waals surface area contributed by atoms with E-state index in [4.69, 9.17) is 10.2 Å². The zero-order chi connectivity index (χ0) is 12.7. The molecule has 0 radical (unpaired) electrons. The van der Waals surface area contributed by atoms with Crippen LogP contribution < -0.4 is 5.73 Å². The van der Waals surface area contributed by atoms with Crippen LogP contribution in [0.5, 0.6) is 0 Å². The first-order valence-corrected chi connectivity index (χ1v) is 6.96. The summed E-state index contributed by atoms with van der Waals surface area (Å²) in [5.74, 6) is 0.979. The highest BCUT2D eigenvalue weighted by Gasteiger charge is 2.27. The van der Waals surface area contributed by atoms with Gasteiger partial charge in [-0.2, -0.15) is 0 Å². The molecule has 3 rings (SSSR count). The van der Waals surface area contributed by atoms with Gasteiger partial charge in [-0.05, 0) is 42.9 Å². The molecule has 2 N–H and O–H groups in total. The van der Waals surface area contributed by atoms with E-state index in [1.54, 1.807) is 23.5 Å². The number of fused-ring (bicyclic) bond motifs is 1. The average Bonchev–Trinajstić information content (AvgIpc) is 2.94. The van der Waals surface area contributed by atoms with E-state index in [0.717, 1.165) is 24.8 Å². The molecule has 0 aliphatic heterocycles. The summed E-state index contributed by atoms with van der Waals surface area (Å²) in [5, 5.41) is 0.635. The molecule has 1 aliphatic carbocycles. The van der Waals surface area contributed by atoms with Crippen LogP contribution in [0.2, 0.25) is 0 Å².